The summed E-state index contributed by atoms with van der Waals surface area (Å²) in [4.78, 5) is 11.2. The van der Waals surface area contributed by atoms with Gasteiger partial charge in [-0.3, -0.25) is 9.13 Å². The number of hydrogen-bond acceptors (Lipinski definition) is 6. The average molecular weight is 1200 g/mol. The summed E-state index contributed by atoms with van der Waals surface area (Å²) in [6.07, 6.45) is 0. The maximum absolute atomic E-state index is 10.2. The van der Waals surface area contributed by atoms with E-state index in [9.17, 15) is 10.5 Å². The van der Waals surface area contributed by atoms with E-state index >= 15 is 0 Å². The van der Waals surface area contributed by atoms with Gasteiger partial charge in [-0.15, -0.1) is 0 Å². The van der Waals surface area contributed by atoms with Crippen molar-refractivity contribution in [3.63, 3.8) is 0 Å². The second kappa shape index (κ2) is 20.5. The molecule has 0 radical (unpaired) electrons. The van der Waals surface area contributed by atoms with Gasteiger partial charge in [0.1, 0.15) is 34.6 Å². The number of fused-ring (bicyclic) bond motifs is 13. The lowest BCUT2D eigenvalue weighted by Gasteiger charge is -2.34. The molecule has 0 spiro atoms. The molecule has 10 heteroatoms. The van der Waals surface area contributed by atoms with Crippen molar-refractivity contribution in [1.82, 2.24) is 23.7 Å². The molecule has 2 aliphatic rings. The van der Waals surface area contributed by atoms with Gasteiger partial charge in [0.2, 0.25) is 0 Å². The first-order valence-electron chi connectivity index (χ1n) is 31.9. The van der Waals surface area contributed by atoms with Crippen molar-refractivity contribution in [3.8, 4) is 86.1 Å². The number of hydrogen-bond donors (Lipinski definition) is 0. The van der Waals surface area contributed by atoms with Crippen molar-refractivity contribution in [1.29, 1.82) is 10.5 Å². The third-order valence-corrected chi connectivity index (χ3v) is 19.3. The fourth-order valence-electron chi connectivity index (χ4n) is 14.5. The highest BCUT2D eigenvalue weighted by Crippen LogP contribution is 2.44. The zero-order valence-corrected chi connectivity index (χ0v) is 53.0. The van der Waals surface area contributed by atoms with Crippen molar-refractivity contribution < 1.29 is 9.47 Å². The van der Waals surface area contributed by atoms with Crippen molar-refractivity contribution in [2.75, 3.05) is 0 Å². The SMILES string of the molecule is CC(C)c1ccc(-c2cc(-c3ccc4c(c3)B3c5cc(-c6cccc(-n7c8ccc(C#N)cc8c8cc(C(C)(C)C)ccc87)n6)ccc5Oc5cc(-n6c7ccccc7c7ccccc76)cc(c53)O4)nc(-n3c4ccc(C#N)cc4c4cc(C(C)(C)C)ccc43)c2)cc1. The van der Waals surface area contributed by atoms with E-state index in [4.69, 9.17) is 19.4 Å². The molecule has 9 nitrogen and oxygen atoms in total. The molecular formula is C83H62BN7O2. The van der Waals surface area contributed by atoms with E-state index in [2.05, 4.69) is 275 Å². The lowest BCUT2D eigenvalue weighted by atomic mass is 9.34. The van der Waals surface area contributed by atoms with Gasteiger partial charge in [-0.1, -0.05) is 146 Å². The standard InChI is InChI=1S/C83H62BN7O2/c1-48(2)51-22-24-52(25-23-51)55-40-68(88-80(41-55)91-72-31-21-50(47-86)37-62(72)64-43-57(83(6,7)8)29-33-74(64)91)54-27-35-76-66(39-54)84-65-38-53(67-16-13-19-79(87-67)90-71-30-20-49(46-85)36-61(71)63-42-56(82(3,4)5)28-32-73(63)90)26-34-75(65)92-77-44-58(45-78(93-76)81(77)84)89-69-17-11-9-14-59(69)60-15-10-12-18-70(60)89/h9-45,48H,1-8H3. The topological polar surface area (TPSA) is 107 Å². The minimum absolute atomic E-state index is 0.0741. The van der Waals surface area contributed by atoms with E-state index in [0.29, 0.717) is 17.0 Å². The molecule has 93 heavy (non-hydrogen) atoms. The third-order valence-electron chi connectivity index (χ3n) is 19.3. The van der Waals surface area contributed by atoms with E-state index < -0.39 is 0 Å². The molecule has 0 saturated carbocycles. The smallest absolute Gasteiger partial charge is 0.260 e. The summed E-state index contributed by atoms with van der Waals surface area (Å²) >= 11 is 0. The zero-order chi connectivity index (χ0) is 63.3. The van der Waals surface area contributed by atoms with Gasteiger partial charge in [-0.05, 0) is 188 Å². The lowest BCUT2D eigenvalue weighted by molar-refractivity contribution is 0.464. The Morgan fingerprint density at radius 3 is 1.39 bits per heavy atom. The largest absolute Gasteiger partial charge is 0.458 e. The number of nitriles is 2. The molecule has 7 heterocycles. The summed E-state index contributed by atoms with van der Waals surface area (Å²) in [5.41, 5.74) is 20.3. The molecule has 0 bridgehead atoms. The Balaban J connectivity index is 0.860. The van der Waals surface area contributed by atoms with Gasteiger partial charge >= 0.3 is 0 Å². The minimum atomic E-state index is -0.337. The second-order valence-electron chi connectivity index (χ2n) is 27.4. The fourth-order valence-corrected chi connectivity index (χ4v) is 14.5. The Morgan fingerprint density at radius 1 is 0.387 bits per heavy atom. The summed E-state index contributed by atoms with van der Waals surface area (Å²) in [6, 6.07) is 84.2. The highest BCUT2D eigenvalue weighted by Gasteiger charge is 2.41. The van der Waals surface area contributed by atoms with Crippen molar-refractivity contribution in [2.24, 2.45) is 0 Å². The van der Waals surface area contributed by atoms with E-state index in [1.165, 1.54) is 27.5 Å². The highest BCUT2D eigenvalue weighted by molar-refractivity contribution is 6.98. The summed E-state index contributed by atoms with van der Waals surface area (Å²) < 4.78 is 21.3. The molecule has 17 rings (SSSR count). The monoisotopic (exact) mass is 1200 g/mol. The predicted octanol–water partition coefficient (Wildman–Crippen LogP) is 19.0. The molecule has 0 fully saturated rings. The minimum Gasteiger partial charge on any atom is -0.458 e. The molecule has 2 aliphatic heterocycles. The summed E-state index contributed by atoms with van der Waals surface area (Å²) in [5, 5.41) is 26.8. The Bertz CT molecular complexity index is 5730. The van der Waals surface area contributed by atoms with Gasteiger partial charge in [0.25, 0.3) is 6.71 Å². The third kappa shape index (κ3) is 8.88. The molecule has 444 valence electrons. The summed E-state index contributed by atoms with van der Waals surface area (Å²) in [7, 11) is 0. The molecule has 0 atom stereocenters. The summed E-state index contributed by atoms with van der Waals surface area (Å²) in [5.74, 6) is 4.84. The van der Waals surface area contributed by atoms with Crippen LogP contribution in [0.15, 0.2) is 224 Å². The van der Waals surface area contributed by atoms with Gasteiger partial charge < -0.3 is 14.0 Å². The van der Waals surface area contributed by atoms with Gasteiger partial charge in [0.15, 0.2) is 0 Å². The Labute approximate surface area is 539 Å². The predicted molar refractivity (Wildman–Crippen MR) is 380 cm³/mol. The molecule has 10 aromatic carbocycles. The van der Waals surface area contributed by atoms with Crippen LogP contribution in [0.1, 0.15) is 89.1 Å². The number of pyridine rings is 2. The van der Waals surface area contributed by atoms with E-state index in [1.807, 2.05) is 30.3 Å². The Kier molecular flexibility index (Phi) is 12.3. The van der Waals surface area contributed by atoms with Gasteiger partial charge in [0.05, 0.1) is 73.4 Å². The van der Waals surface area contributed by atoms with Crippen molar-refractivity contribution in [3.05, 3.63) is 252 Å². The van der Waals surface area contributed by atoms with Crippen LogP contribution in [-0.4, -0.2) is 30.4 Å². The average Bonchev–Trinajstić information content (AvgIpc) is 1.60. The maximum Gasteiger partial charge on any atom is 0.260 e. The van der Waals surface area contributed by atoms with Crippen molar-refractivity contribution >= 4 is 88.5 Å². The van der Waals surface area contributed by atoms with E-state index in [1.54, 1.807) is 0 Å². The fraction of sp³-hybridized carbons (Fsp3) is 0.133. The van der Waals surface area contributed by atoms with Gasteiger partial charge in [-0.2, -0.15) is 10.5 Å². The quantitative estimate of drug-likeness (QED) is 0.147. The number of rotatable bonds is 7. The molecule has 5 aromatic heterocycles. The maximum atomic E-state index is 10.2. The highest BCUT2D eigenvalue weighted by atomic mass is 16.5. The van der Waals surface area contributed by atoms with Crippen LogP contribution in [0.4, 0.5) is 0 Å². The Morgan fingerprint density at radius 2 is 0.860 bits per heavy atom. The summed E-state index contributed by atoms with van der Waals surface area (Å²) in [6.45, 7) is 17.5. The number of benzene rings is 10. The van der Waals surface area contributed by atoms with Crippen LogP contribution >= 0.6 is 0 Å². The van der Waals surface area contributed by atoms with E-state index in [0.717, 1.165) is 145 Å². The number of ether oxygens (including phenoxy) is 2. The second-order valence-corrected chi connectivity index (χ2v) is 27.4. The van der Waals surface area contributed by atoms with Crippen LogP contribution in [0.5, 0.6) is 23.0 Å². The van der Waals surface area contributed by atoms with E-state index in [-0.39, 0.29) is 17.5 Å². The zero-order valence-electron chi connectivity index (χ0n) is 53.0. The molecular weight excluding hydrogens is 1140 g/mol. The molecule has 0 N–H and O–H groups in total. The molecule has 0 unspecified atom stereocenters. The number of aromatic nitrogens is 5. The van der Waals surface area contributed by atoms with Gasteiger partial charge in [0, 0.05) is 49.9 Å². The van der Waals surface area contributed by atoms with Gasteiger partial charge in [-0.25, -0.2) is 9.97 Å². The first-order valence-corrected chi connectivity index (χ1v) is 31.9. The molecule has 15 aromatic rings. The first kappa shape index (κ1) is 55.6. The lowest BCUT2D eigenvalue weighted by Crippen LogP contribution is -2.57. The molecule has 0 aliphatic carbocycles. The normalized spacial score (nSPS) is 12.7. The Hall–Kier alpha value is -11.5. The van der Waals surface area contributed by atoms with Crippen LogP contribution in [0.2, 0.25) is 0 Å². The van der Waals surface area contributed by atoms with Crippen LogP contribution in [0.3, 0.4) is 0 Å². The van der Waals surface area contributed by atoms with Crippen LogP contribution < -0.4 is 25.9 Å². The van der Waals surface area contributed by atoms with Crippen molar-refractivity contribution in [2.45, 2.75) is 72.1 Å². The molecule has 0 amide bonds. The van der Waals surface area contributed by atoms with Crippen LogP contribution in [-0.2, 0) is 10.8 Å². The first-order chi connectivity index (χ1) is 45.0. The van der Waals surface area contributed by atoms with Crippen LogP contribution in [0, 0.1) is 22.7 Å². The molecule has 0 saturated heterocycles. The van der Waals surface area contributed by atoms with Crippen LogP contribution in [0.25, 0.3) is 116 Å². The number of para-hydroxylation sites is 2. The number of nitrogens with zero attached hydrogens (tertiary/aromatic N) is 7.